The van der Waals surface area contributed by atoms with Crippen molar-refractivity contribution in [1.82, 2.24) is 19.5 Å². The number of nitrogens with zero attached hydrogens (tertiary/aromatic N) is 5. The van der Waals surface area contributed by atoms with Crippen LogP contribution in [0, 0.1) is 11.3 Å². The zero-order valence-corrected chi connectivity index (χ0v) is 13.5. The maximum absolute atomic E-state index is 8.89. The Bertz CT molecular complexity index is 930. The lowest BCUT2D eigenvalue weighted by molar-refractivity contribution is 0.192. The zero-order chi connectivity index (χ0) is 17.8. The van der Waals surface area contributed by atoms with Crippen LogP contribution in [0.25, 0.3) is 11.2 Å². The Labute approximate surface area is 143 Å². The van der Waals surface area contributed by atoms with E-state index in [1.807, 2.05) is 12.1 Å². The van der Waals surface area contributed by atoms with Crippen LogP contribution in [-0.4, -0.2) is 44.9 Å². The van der Waals surface area contributed by atoms with Gasteiger partial charge < -0.3 is 20.3 Å². The predicted octanol–water partition coefficient (Wildman–Crippen LogP) is 0.708. The lowest BCUT2D eigenvalue weighted by Gasteiger charge is -2.08. The number of nitrogen functional groups attached to an aromatic ring is 1. The number of rotatable bonds is 6. The van der Waals surface area contributed by atoms with Crippen molar-refractivity contribution in [2.45, 2.75) is 6.54 Å². The molecule has 0 spiro atoms. The number of ether oxygens (including phenoxy) is 2. The normalized spacial score (nSPS) is 10.6. The third kappa shape index (κ3) is 3.29. The summed E-state index contributed by atoms with van der Waals surface area (Å²) < 4.78 is 12.3. The summed E-state index contributed by atoms with van der Waals surface area (Å²) >= 11 is 0. The number of aromatic nitrogens is 4. The van der Waals surface area contributed by atoms with Gasteiger partial charge in [-0.3, -0.25) is 4.57 Å². The molecule has 1 aromatic carbocycles. The number of nitriles is 1. The highest BCUT2D eigenvalue weighted by Gasteiger charge is 2.18. The van der Waals surface area contributed by atoms with Gasteiger partial charge in [0.05, 0.1) is 31.9 Å². The number of methoxy groups -OCH3 is 1. The van der Waals surface area contributed by atoms with Crippen LogP contribution in [0.2, 0.25) is 0 Å². The quantitative estimate of drug-likeness (QED) is 0.670. The average molecular weight is 340 g/mol. The molecular weight excluding hydrogens is 324 g/mol. The van der Waals surface area contributed by atoms with E-state index in [1.54, 1.807) is 16.7 Å². The van der Waals surface area contributed by atoms with Gasteiger partial charge in [-0.1, -0.05) is 12.1 Å². The molecule has 2 heterocycles. The summed E-state index contributed by atoms with van der Waals surface area (Å²) in [5.41, 5.74) is 8.32. The molecule has 128 valence electrons. The fraction of sp³-hybridized carbons (Fsp3) is 0.250. The monoisotopic (exact) mass is 340 g/mol. The molecule has 2 aromatic heterocycles. The molecule has 0 amide bonds. The predicted molar refractivity (Wildman–Crippen MR) is 89.1 cm³/mol. The van der Waals surface area contributed by atoms with Crippen molar-refractivity contribution in [1.29, 1.82) is 5.26 Å². The fourth-order valence-corrected chi connectivity index (χ4v) is 2.35. The van der Waals surface area contributed by atoms with Gasteiger partial charge >= 0.3 is 6.01 Å². The molecule has 0 unspecified atom stereocenters. The minimum atomic E-state index is -0.158. The summed E-state index contributed by atoms with van der Waals surface area (Å²) in [5, 5.41) is 17.8. The summed E-state index contributed by atoms with van der Waals surface area (Å²) in [6.45, 7) is 0.322. The van der Waals surface area contributed by atoms with Crippen molar-refractivity contribution in [2.24, 2.45) is 0 Å². The van der Waals surface area contributed by atoms with E-state index < -0.39 is 0 Å². The van der Waals surface area contributed by atoms with Gasteiger partial charge in [0.25, 0.3) is 6.01 Å². The lowest BCUT2D eigenvalue weighted by Crippen LogP contribution is -2.08. The molecule has 0 radical (unpaired) electrons. The van der Waals surface area contributed by atoms with Crippen LogP contribution in [0.4, 0.5) is 5.82 Å². The molecule has 0 fully saturated rings. The topological polar surface area (TPSA) is 132 Å². The number of hydrogen-bond donors (Lipinski definition) is 2. The number of hydrogen-bond acceptors (Lipinski definition) is 8. The number of aliphatic hydroxyl groups excluding tert-OH is 1. The van der Waals surface area contributed by atoms with Gasteiger partial charge in [0.1, 0.15) is 6.61 Å². The van der Waals surface area contributed by atoms with Crippen molar-refractivity contribution in [3.63, 3.8) is 0 Å². The Hall–Kier alpha value is -3.38. The Morgan fingerprint density at radius 1 is 1.24 bits per heavy atom. The van der Waals surface area contributed by atoms with Crippen LogP contribution in [0.1, 0.15) is 11.1 Å². The highest BCUT2D eigenvalue weighted by Crippen LogP contribution is 2.26. The minimum Gasteiger partial charge on any atom is -0.468 e. The first-order valence-corrected chi connectivity index (χ1v) is 7.46. The summed E-state index contributed by atoms with van der Waals surface area (Å²) in [6, 6.07) is 9.63. The first kappa shape index (κ1) is 16.5. The summed E-state index contributed by atoms with van der Waals surface area (Å²) in [6.07, 6.45) is 0. The Morgan fingerprint density at radius 3 is 2.64 bits per heavy atom. The second kappa shape index (κ2) is 7.02. The molecule has 0 aliphatic carbocycles. The number of nitrogens with two attached hydrogens (primary N) is 1. The standard InChI is InChI=1S/C16H16N6O3/c1-24-16-19-12-13(18)20-15(25-7-6-23)21-14(12)22(16)9-11-4-2-10(8-17)3-5-11/h2-5,23H,6-7,9H2,1H3,(H2,18,20,21). The Morgan fingerprint density at radius 2 is 2.00 bits per heavy atom. The largest absolute Gasteiger partial charge is 0.468 e. The van der Waals surface area contributed by atoms with Crippen molar-refractivity contribution in [3.8, 4) is 18.1 Å². The smallest absolute Gasteiger partial charge is 0.320 e. The van der Waals surface area contributed by atoms with E-state index >= 15 is 0 Å². The molecule has 9 heteroatoms. The van der Waals surface area contributed by atoms with Crippen molar-refractivity contribution < 1.29 is 14.6 Å². The number of benzene rings is 1. The molecule has 0 bridgehead atoms. The lowest BCUT2D eigenvalue weighted by atomic mass is 10.1. The highest BCUT2D eigenvalue weighted by molar-refractivity contribution is 5.83. The number of imidazole rings is 1. The number of fused-ring (bicyclic) bond motifs is 1. The van der Waals surface area contributed by atoms with Gasteiger partial charge in [-0.05, 0) is 17.7 Å². The maximum atomic E-state index is 8.89. The van der Waals surface area contributed by atoms with Crippen LogP contribution >= 0.6 is 0 Å². The summed E-state index contributed by atoms with van der Waals surface area (Å²) in [4.78, 5) is 12.7. The average Bonchev–Trinajstić information content (AvgIpc) is 2.99. The molecule has 0 aliphatic rings. The van der Waals surface area contributed by atoms with Crippen LogP contribution < -0.4 is 15.2 Å². The second-order valence-electron chi connectivity index (χ2n) is 5.13. The van der Waals surface area contributed by atoms with Crippen LogP contribution in [-0.2, 0) is 6.54 Å². The van der Waals surface area contributed by atoms with Crippen molar-refractivity contribution in [3.05, 3.63) is 35.4 Å². The molecule has 0 atom stereocenters. The molecule has 3 N–H and O–H groups in total. The first-order chi connectivity index (χ1) is 12.2. The highest BCUT2D eigenvalue weighted by atomic mass is 16.5. The van der Waals surface area contributed by atoms with Gasteiger partial charge in [0.15, 0.2) is 17.0 Å². The second-order valence-corrected chi connectivity index (χ2v) is 5.13. The number of anilines is 1. The Balaban J connectivity index is 2.04. The van der Waals surface area contributed by atoms with E-state index in [0.29, 0.717) is 29.3 Å². The van der Waals surface area contributed by atoms with E-state index in [4.69, 9.17) is 25.6 Å². The SMILES string of the molecule is COc1nc2c(N)nc(OCCO)nc2n1Cc1ccc(C#N)cc1. The molecule has 0 saturated carbocycles. The van der Waals surface area contributed by atoms with E-state index in [1.165, 1.54) is 7.11 Å². The minimum absolute atomic E-state index is 0.0580. The molecular formula is C16H16N6O3. The third-order valence-electron chi connectivity index (χ3n) is 3.49. The van der Waals surface area contributed by atoms with Crippen LogP contribution in [0.15, 0.2) is 24.3 Å². The van der Waals surface area contributed by atoms with Gasteiger partial charge in [-0.25, -0.2) is 0 Å². The molecule has 3 aromatic rings. The van der Waals surface area contributed by atoms with Gasteiger partial charge in [-0.2, -0.15) is 20.2 Å². The first-order valence-electron chi connectivity index (χ1n) is 7.46. The van der Waals surface area contributed by atoms with Gasteiger partial charge in [-0.15, -0.1) is 0 Å². The molecule has 0 saturated heterocycles. The van der Waals surface area contributed by atoms with E-state index in [2.05, 4.69) is 21.0 Å². The molecule has 9 nitrogen and oxygen atoms in total. The Kier molecular flexibility index (Phi) is 4.63. The van der Waals surface area contributed by atoms with Gasteiger partial charge in [0, 0.05) is 0 Å². The van der Waals surface area contributed by atoms with Gasteiger partial charge in [0.2, 0.25) is 0 Å². The zero-order valence-electron chi connectivity index (χ0n) is 13.5. The molecule has 25 heavy (non-hydrogen) atoms. The van der Waals surface area contributed by atoms with Crippen LogP contribution in [0.3, 0.4) is 0 Å². The van der Waals surface area contributed by atoms with Crippen molar-refractivity contribution >= 4 is 17.0 Å². The van der Waals surface area contributed by atoms with E-state index in [0.717, 1.165) is 5.56 Å². The molecule has 0 aliphatic heterocycles. The van der Waals surface area contributed by atoms with Crippen LogP contribution in [0.5, 0.6) is 12.0 Å². The molecule has 3 rings (SSSR count). The van der Waals surface area contributed by atoms with Crippen molar-refractivity contribution in [2.75, 3.05) is 26.1 Å². The maximum Gasteiger partial charge on any atom is 0.320 e. The van der Waals surface area contributed by atoms with E-state index in [-0.39, 0.29) is 25.0 Å². The number of aliphatic hydroxyl groups is 1. The van der Waals surface area contributed by atoms with E-state index in [9.17, 15) is 0 Å². The third-order valence-corrected chi connectivity index (χ3v) is 3.49. The fourth-order valence-electron chi connectivity index (χ4n) is 2.35. The summed E-state index contributed by atoms with van der Waals surface area (Å²) in [7, 11) is 1.50. The summed E-state index contributed by atoms with van der Waals surface area (Å²) in [5.74, 6) is 0.162.